The van der Waals surface area contributed by atoms with Crippen LogP contribution >= 0.6 is 22.6 Å². The average Bonchev–Trinajstić information content (AvgIpc) is 2.55. The van der Waals surface area contributed by atoms with Crippen LogP contribution in [0.15, 0.2) is 54.9 Å². The normalized spacial score (nSPS) is 10.4. The van der Waals surface area contributed by atoms with E-state index in [0.717, 1.165) is 20.2 Å². The van der Waals surface area contributed by atoms with Crippen molar-refractivity contribution in [3.05, 3.63) is 58.4 Å². The topological polar surface area (TPSA) is 64.1 Å². The Kier molecular flexibility index (Phi) is 4.47. The molecule has 1 N–H and O–H groups in total. The number of fused-ring (bicyclic) bond motifs is 1. The van der Waals surface area contributed by atoms with Gasteiger partial charge in [-0.2, -0.15) is 0 Å². The summed E-state index contributed by atoms with van der Waals surface area (Å²) in [4.78, 5) is 20.2. The zero-order valence-corrected chi connectivity index (χ0v) is 13.6. The molecular weight excluding hydrogens is 393 g/mol. The summed E-state index contributed by atoms with van der Waals surface area (Å²) in [6, 6.07) is 15.1. The van der Waals surface area contributed by atoms with Gasteiger partial charge in [-0.3, -0.25) is 4.79 Å². The Morgan fingerprint density at radius 2 is 1.86 bits per heavy atom. The first-order valence-electron chi connectivity index (χ1n) is 6.61. The number of nitrogens with zero attached hydrogens (tertiary/aromatic N) is 2. The monoisotopic (exact) mass is 405 g/mol. The maximum atomic E-state index is 12.0. The smallest absolute Gasteiger partial charge is 0.262 e. The molecule has 0 atom stereocenters. The largest absolute Gasteiger partial charge is 0.467 e. The van der Waals surface area contributed by atoms with E-state index >= 15 is 0 Å². The van der Waals surface area contributed by atoms with E-state index in [2.05, 4.69) is 37.9 Å². The van der Waals surface area contributed by atoms with E-state index in [1.54, 1.807) is 0 Å². The quantitative estimate of drug-likeness (QED) is 0.677. The second kappa shape index (κ2) is 6.69. The number of para-hydroxylation sites is 2. The van der Waals surface area contributed by atoms with Gasteiger partial charge >= 0.3 is 0 Å². The summed E-state index contributed by atoms with van der Waals surface area (Å²) < 4.78 is 6.50. The van der Waals surface area contributed by atoms with Crippen LogP contribution in [0.3, 0.4) is 0 Å². The lowest BCUT2D eigenvalue weighted by molar-refractivity contribution is -0.118. The molecule has 1 amide bonds. The molecule has 110 valence electrons. The van der Waals surface area contributed by atoms with Crippen LogP contribution in [0.4, 0.5) is 5.69 Å². The van der Waals surface area contributed by atoms with Crippen molar-refractivity contribution in [3.63, 3.8) is 0 Å². The van der Waals surface area contributed by atoms with Crippen LogP contribution in [-0.4, -0.2) is 22.5 Å². The number of nitrogens with one attached hydrogen (secondary N) is 1. The zero-order valence-electron chi connectivity index (χ0n) is 11.5. The summed E-state index contributed by atoms with van der Waals surface area (Å²) >= 11 is 2.17. The molecule has 0 bridgehead atoms. The van der Waals surface area contributed by atoms with E-state index in [9.17, 15) is 4.79 Å². The minimum absolute atomic E-state index is 0.105. The van der Waals surface area contributed by atoms with Crippen LogP contribution in [0.1, 0.15) is 0 Å². The number of rotatable bonds is 4. The van der Waals surface area contributed by atoms with Gasteiger partial charge in [-0.25, -0.2) is 9.97 Å². The maximum absolute atomic E-state index is 12.0. The molecule has 22 heavy (non-hydrogen) atoms. The van der Waals surface area contributed by atoms with Gasteiger partial charge in [0.25, 0.3) is 5.91 Å². The maximum Gasteiger partial charge on any atom is 0.262 e. The molecule has 0 spiro atoms. The summed E-state index contributed by atoms with van der Waals surface area (Å²) in [7, 11) is 0. The number of halogens is 1. The van der Waals surface area contributed by atoms with Gasteiger partial charge in [0.2, 0.25) is 5.88 Å². The zero-order chi connectivity index (χ0) is 15.4. The van der Waals surface area contributed by atoms with E-state index in [1.165, 1.54) is 6.33 Å². The molecule has 1 heterocycles. The summed E-state index contributed by atoms with van der Waals surface area (Å²) in [5.74, 6) is 0.176. The Labute approximate surface area is 140 Å². The number of hydrogen-bond acceptors (Lipinski definition) is 4. The molecule has 0 saturated carbocycles. The van der Waals surface area contributed by atoms with Gasteiger partial charge in [0, 0.05) is 3.57 Å². The van der Waals surface area contributed by atoms with E-state index in [-0.39, 0.29) is 12.5 Å². The van der Waals surface area contributed by atoms with Crippen molar-refractivity contribution in [3.8, 4) is 5.88 Å². The second-order valence-corrected chi connectivity index (χ2v) is 5.67. The van der Waals surface area contributed by atoms with E-state index in [1.807, 2.05) is 48.5 Å². The number of aromatic nitrogens is 2. The molecule has 5 nitrogen and oxygen atoms in total. The van der Waals surface area contributed by atoms with E-state index in [0.29, 0.717) is 5.88 Å². The first-order valence-corrected chi connectivity index (χ1v) is 7.69. The Balaban J connectivity index is 1.69. The van der Waals surface area contributed by atoms with Gasteiger partial charge < -0.3 is 10.1 Å². The highest BCUT2D eigenvalue weighted by Gasteiger charge is 2.09. The van der Waals surface area contributed by atoms with Gasteiger partial charge in [0.1, 0.15) is 6.33 Å². The van der Waals surface area contributed by atoms with Gasteiger partial charge in [-0.15, -0.1) is 0 Å². The third kappa shape index (κ3) is 3.33. The van der Waals surface area contributed by atoms with Crippen LogP contribution < -0.4 is 10.1 Å². The average molecular weight is 405 g/mol. The Bertz CT molecular complexity index is 818. The molecule has 2 aromatic carbocycles. The van der Waals surface area contributed by atoms with Crippen molar-refractivity contribution >= 4 is 45.1 Å². The molecule has 0 unspecified atom stereocenters. The van der Waals surface area contributed by atoms with Crippen LogP contribution in [0, 0.1) is 3.57 Å². The minimum atomic E-state index is -0.230. The lowest BCUT2D eigenvalue weighted by atomic mass is 10.2. The first kappa shape index (κ1) is 14.7. The summed E-state index contributed by atoms with van der Waals surface area (Å²) in [6.07, 6.45) is 1.43. The number of ether oxygens (including phenoxy) is 1. The Morgan fingerprint density at radius 3 is 2.73 bits per heavy atom. The molecule has 0 aliphatic rings. The van der Waals surface area contributed by atoms with Crippen LogP contribution in [0.5, 0.6) is 5.88 Å². The molecule has 0 aliphatic heterocycles. The second-order valence-electron chi connectivity index (χ2n) is 4.51. The Morgan fingerprint density at radius 1 is 1.09 bits per heavy atom. The van der Waals surface area contributed by atoms with Crippen molar-refractivity contribution in [2.24, 2.45) is 0 Å². The van der Waals surface area contributed by atoms with Crippen LogP contribution in [0.25, 0.3) is 10.9 Å². The molecular formula is C16H12IN3O2. The predicted molar refractivity (Wildman–Crippen MR) is 92.8 cm³/mol. The molecule has 3 aromatic rings. The van der Waals surface area contributed by atoms with E-state index in [4.69, 9.17) is 4.74 Å². The molecule has 1 aromatic heterocycles. The number of carbonyl (C=O) groups is 1. The van der Waals surface area contributed by atoms with Crippen LogP contribution in [0.2, 0.25) is 0 Å². The van der Waals surface area contributed by atoms with Gasteiger partial charge in [0.05, 0.1) is 16.6 Å². The number of hydrogen-bond donors (Lipinski definition) is 1. The summed E-state index contributed by atoms with van der Waals surface area (Å²) in [5.41, 5.74) is 1.55. The van der Waals surface area contributed by atoms with Crippen molar-refractivity contribution < 1.29 is 9.53 Å². The van der Waals surface area contributed by atoms with Crippen molar-refractivity contribution in [2.75, 3.05) is 11.9 Å². The standard InChI is InChI=1S/C16H12IN3O2/c17-12-6-2-4-8-14(12)20-15(21)9-22-16-11-5-1-3-7-13(11)18-10-19-16/h1-8,10H,9H2,(H,20,21). The lowest BCUT2D eigenvalue weighted by Crippen LogP contribution is -2.21. The predicted octanol–water partition coefficient (Wildman–Crippen LogP) is 3.25. The minimum Gasteiger partial charge on any atom is -0.467 e. The summed E-state index contributed by atoms with van der Waals surface area (Å²) in [5, 5.41) is 3.60. The highest BCUT2D eigenvalue weighted by molar-refractivity contribution is 14.1. The number of benzene rings is 2. The molecule has 3 rings (SSSR count). The molecule has 0 aliphatic carbocycles. The lowest BCUT2D eigenvalue weighted by Gasteiger charge is -2.09. The van der Waals surface area contributed by atoms with Gasteiger partial charge in [-0.1, -0.05) is 24.3 Å². The fourth-order valence-corrected chi connectivity index (χ4v) is 2.50. The number of amides is 1. The SMILES string of the molecule is O=C(COc1ncnc2ccccc12)Nc1ccccc1I. The van der Waals surface area contributed by atoms with Crippen LogP contribution in [-0.2, 0) is 4.79 Å². The van der Waals surface area contributed by atoms with Crippen molar-refractivity contribution in [2.45, 2.75) is 0 Å². The highest BCUT2D eigenvalue weighted by atomic mass is 127. The number of anilines is 1. The van der Waals surface area contributed by atoms with Crippen molar-refractivity contribution in [1.29, 1.82) is 0 Å². The highest BCUT2D eigenvalue weighted by Crippen LogP contribution is 2.21. The Hall–Kier alpha value is -2.22. The third-order valence-electron chi connectivity index (χ3n) is 2.99. The number of carbonyl (C=O) groups excluding carboxylic acids is 1. The van der Waals surface area contributed by atoms with E-state index < -0.39 is 0 Å². The van der Waals surface area contributed by atoms with Crippen molar-refractivity contribution in [1.82, 2.24) is 9.97 Å². The molecule has 0 radical (unpaired) electrons. The molecule has 6 heteroatoms. The fraction of sp³-hybridized carbons (Fsp3) is 0.0625. The third-order valence-corrected chi connectivity index (χ3v) is 3.93. The van der Waals surface area contributed by atoms with Gasteiger partial charge in [-0.05, 0) is 46.9 Å². The first-order chi connectivity index (χ1) is 10.7. The fourth-order valence-electron chi connectivity index (χ4n) is 1.98. The summed E-state index contributed by atoms with van der Waals surface area (Å²) in [6.45, 7) is -0.105. The van der Waals surface area contributed by atoms with Gasteiger partial charge in [0.15, 0.2) is 6.61 Å². The molecule has 0 fully saturated rings. The molecule has 0 saturated heterocycles.